The van der Waals surface area contributed by atoms with Crippen LogP contribution in [0.15, 0.2) is 64.2 Å². The summed E-state index contributed by atoms with van der Waals surface area (Å²) in [6.45, 7) is 4.10. The highest BCUT2D eigenvalue weighted by molar-refractivity contribution is 9.10. The number of hydrogen-bond acceptors (Lipinski definition) is 4. The molecule has 156 valence electrons. The van der Waals surface area contributed by atoms with Crippen molar-refractivity contribution in [2.45, 2.75) is 19.6 Å². The fraction of sp³-hybridized carbons (Fsp3) is 0.217. The Morgan fingerprint density at radius 3 is 2.63 bits per heavy atom. The zero-order valence-corrected chi connectivity index (χ0v) is 19.6. The Bertz CT molecular complexity index is 1050. The van der Waals surface area contributed by atoms with Gasteiger partial charge in [0.2, 0.25) is 5.91 Å². The average Bonchev–Trinajstić information content (AvgIpc) is 3.02. The number of thioether (sulfide) groups is 1. The van der Waals surface area contributed by atoms with Gasteiger partial charge in [0.25, 0.3) is 0 Å². The van der Waals surface area contributed by atoms with Crippen molar-refractivity contribution in [2.75, 3.05) is 12.9 Å². The summed E-state index contributed by atoms with van der Waals surface area (Å²) in [4.78, 5) is 12.1. The molecular weight excluding hydrogens is 462 g/mol. The van der Waals surface area contributed by atoms with Crippen molar-refractivity contribution in [3.05, 3.63) is 81.6 Å². The van der Waals surface area contributed by atoms with E-state index in [1.54, 1.807) is 25.1 Å². The second kappa shape index (κ2) is 10.5. The van der Waals surface area contributed by atoms with Crippen LogP contribution in [0, 0.1) is 13.8 Å². The van der Waals surface area contributed by atoms with E-state index in [-0.39, 0.29) is 5.91 Å². The number of carbonyl (C=O) groups excluding carboxylic acids is 1. The normalized spacial score (nSPS) is 11.1. The molecule has 3 rings (SSSR count). The van der Waals surface area contributed by atoms with E-state index in [1.165, 1.54) is 0 Å². The molecule has 0 atom stereocenters. The third-order valence-corrected chi connectivity index (χ3v) is 6.29. The Labute approximate surface area is 189 Å². The molecule has 0 spiro atoms. The lowest BCUT2D eigenvalue weighted by Crippen LogP contribution is -2.19. The van der Waals surface area contributed by atoms with Crippen LogP contribution >= 0.6 is 27.7 Å². The molecule has 1 heterocycles. The number of carbonyl (C=O) groups is 1. The Kier molecular flexibility index (Phi) is 7.76. The molecule has 30 heavy (non-hydrogen) atoms. The standard InChI is InChI=1S/C23H24BrN3O2S/c1-16-12-19(17(2)27(16)22-7-5-4-6-21(22)24)13-25-26-23(28)15-30-14-18-8-10-20(29-3)11-9-18/h4-13H,14-15H2,1-3H3,(H,26,28)/b25-13-. The molecule has 1 aromatic heterocycles. The number of aromatic nitrogens is 1. The van der Waals surface area contributed by atoms with Crippen LogP contribution in [-0.4, -0.2) is 29.6 Å². The number of aryl methyl sites for hydroxylation is 1. The van der Waals surface area contributed by atoms with E-state index < -0.39 is 0 Å². The number of methoxy groups -OCH3 is 1. The SMILES string of the molecule is COc1ccc(CSCC(=O)N/N=C\c2cc(C)n(-c3ccccc3Br)c2C)cc1. The summed E-state index contributed by atoms with van der Waals surface area (Å²) in [5.74, 6) is 1.81. The first-order valence-corrected chi connectivity index (χ1v) is 11.4. The minimum Gasteiger partial charge on any atom is -0.497 e. The van der Waals surface area contributed by atoms with Crippen molar-refractivity contribution in [1.29, 1.82) is 0 Å². The maximum Gasteiger partial charge on any atom is 0.250 e. The van der Waals surface area contributed by atoms with Crippen LogP contribution in [0.5, 0.6) is 5.75 Å². The van der Waals surface area contributed by atoms with Gasteiger partial charge < -0.3 is 9.30 Å². The monoisotopic (exact) mass is 485 g/mol. The molecule has 0 fully saturated rings. The number of amides is 1. The molecule has 0 bridgehead atoms. The first-order chi connectivity index (χ1) is 14.5. The number of halogens is 1. The van der Waals surface area contributed by atoms with Crippen molar-refractivity contribution >= 4 is 39.8 Å². The number of hydrogen-bond donors (Lipinski definition) is 1. The maximum atomic E-state index is 12.1. The fourth-order valence-corrected chi connectivity index (χ4v) is 4.35. The summed E-state index contributed by atoms with van der Waals surface area (Å²) in [6.07, 6.45) is 1.70. The fourth-order valence-electron chi connectivity index (χ4n) is 3.11. The Hall–Kier alpha value is -2.51. The number of nitrogens with one attached hydrogen (secondary N) is 1. The van der Waals surface area contributed by atoms with Crippen molar-refractivity contribution in [3.8, 4) is 11.4 Å². The highest BCUT2D eigenvalue weighted by atomic mass is 79.9. The van der Waals surface area contributed by atoms with Crippen molar-refractivity contribution in [3.63, 3.8) is 0 Å². The van der Waals surface area contributed by atoms with E-state index in [1.807, 2.05) is 49.4 Å². The molecule has 0 saturated heterocycles. The zero-order valence-electron chi connectivity index (χ0n) is 17.2. The number of hydrazone groups is 1. The van der Waals surface area contributed by atoms with Crippen molar-refractivity contribution in [1.82, 2.24) is 9.99 Å². The van der Waals surface area contributed by atoms with Gasteiger partial charge in [-0.05, 0) is 65.7 Å². The first kappa shape index (κ1) is 22.2. The van der Waals surface area contributed by atoms with E-state index in [0.29, 0.717) is 5.75 Å². The van der Waals surface area contributed by atoms with Crippen molar-refractivity contribution < 1.29 is 9.53 Å². The molecule has 0 unspecified atom stereocenters. The van der Waals surface area contributed by atoms with Crippen LogP contribution in [-0.2, 0) is 10.5 Å². The average molecular weight is 486 g/mol. The van der Waals surface area contributed by atoms with Gasteiger partial charge >= 0.3 is 0 Å². The molecule has 1 amide bonds. The lowest BCUT2D eigenvalue weighted by atomic mass is 10.2. The number of ether oxygens (including phenoxy) is 1. The van der Waals surface area contributed by atoms with Gasteiger partial charge in [0.1, 0.15) is 5.75 Å². The molecular formula is C23H24BrN3O2S. The molecule has 1 N–H and O–H groups in total. The first-order valence-electron chi connectivity index (χ1n) is 9.46. The van der Waals surface area contributed by atoms with E-state index in [2.05, 4.69) is 50.1 Å². The van der Waals surface area contributed by atoms with E-state index in [9.17, 15) is 4.79 Å². The number of para-hydroxylation sites is 1. The van der Waals surface area contributed by atoms with Gasteiger partial charge in [0, 0.05) is 27.2 Å². The topological polar surface area (TPSA) is 55.6 Å². The predicted octanol–water partition coefficient (Wildman–Crippen LogP) is 5.25. The summed E-state index contributed by atoms with van der Waals surface area (Å²) in [5, 5.41) is 4.14. The predicted molar refractivity (Wildman–Crippen MR) is 128 cm³/mol. The van der Waals surface area contributed by atoms with E-state index in [0.717, 1.165) is 44.2 Å². The van der Waals surface area contributed by atoms with Crippen molar-refractivity contribution in [2.24, 2.45) is 5.10 Å². The molecule has 7 heteroatoms. The highest BCUT2D eigenvalue weighted by Crippen LogP contribution is 2.26. The Morgan fingerprint density at radius 1 is 1.20 bits per heavy atom. The van der Waals surface area contributed by atoms with Crippen LogP contribution in [0.2, 0.25) is 0 Å². The van der Waals surface area contributed by atoms with Gasteiger partial charge in [-0.25, -0.2) is 5.43 Å². The largest absolute Gasteiger partial charge is 0.497 e. The van der Waals surface area contributed by atoms with Gasteiger partial charge in [0.15, 0.2) is 0 Å². The quantitative estimate of drug-likeness (QED) is 0.350. The van der Waals surface area contributed by atoms with Crippen LogP contribution in [0.25, 0.3) is 5.69 Å². The van der Waals surface area contributed by atoms with E-state index in [4.69, 9.17) is 4.74 Å². The van der Waals surface area contributed by atoms with Gasteiger partial charge in [-0.3, -0.25) is 4.79 Å². The van der Waals surface area contributed by atoms with Gasteiger partial charge in [-0.1, -0.05) is 24.3 Å². The Balaban J connectivity index is 1.54. The third kappa shape index (κ3) is 5.55. The molecule has 5 nitrogen and oxygen atoms in total. The van der Waals surface area contributed by atoms with Gasteiger partial charge in [-0.2, -0.15) is 5.10 Å². The molecule has 0 aliphatic rings. The summed E-state index contributed by atoms with van der Waals surface area (Å²) in [6, 6.07) is 18.0. The smallest absolute Gasteiger partial charge is 0.250 e. The molecule has 0 saturated carbocycles. The second-order valence-corrected chi connectivity index (χ2v) is 8.59. The number of benzene rings is 2. The molecule has 0 aliphatic heterocycles. The van der Waals surface area contributed by atoms with Crippen LogP contribution in [0.4, 0.5) is 0 Å². The molecule has 0 radical (unpaired) electrons. The Morgan fingerprint density at radius 2 is 1.93 bits per heavy atom. The summed E-state index contributed by atoms with van der Waals surface area (Å²) in [7, 11) is 1.65. The molecule has 2 aromatic carbocycles. The minimum atomic E-state index is -0.121. The second-order valence-electron chi connectivity index (χ2n) is 6.75. The summed E-state index contributed by atoms with van der Waals surface area (Å²) in [5.41, 5.74) is 7.97. The third-order valence-electron chi connectivity index (χ3n) is 4.62. The van der Waals surface area contributed by atoms with Crippen LogP contribution < -0.4 is 10.2 Å². The summed E-state index contributed by atoms with van der Waals surface area (Å²) < 4.78 is 8.34. The van der Waals surface area contributed by atoms with E-state index >= 15 is 0 Å². The molecule has 3 aromatic rings. The zero-order chi connectivity index (χ0) is 21.5. The molecule has 0 aliphatic carbocycles. The highest BCUT2D eigenvalue weighted by Gasteiger charge is 2.11. The van der Waals surface area contributed by atoms with Gasteiger partial charge in [-0.15, -0.1) is 11.8 Å². The maximum absolute atomic E-state index is 12.1. The number of rotatable bonds is 8. The lowest BCUT2D eigenvalue weighted by molar-refractivity contribution is -0.118. The number of nitrogens with zero attached hydrogens (tertiary/aromatic N) is 2. The van der Waals surface area contributed by atoms with Crippen LogP contribution in [0.3, 0.4) is 0 Å². The summed E-state index contributed by atoms with van der Waals surface area (Å²) >= 11 is 5.16. The lowest BCUT2D eigenvalue weighted by Gasteiger charge is -2.11. The minimum absolute atomic E-state index is 0.121. The van der Waals surface area contributed by atoms with Gasteiger partial charge in [0.05, 0.1) is 24.8 Å². The van der Waals surface area contributed by atoms with Crippen LogP contribution in [0.1, 0.15) is 22.5 Å².